The molecular formula is C24H20Cl2N4O2. The summed E-state index contributed by atoms with van der Waals surface area (Å²) in [6.45, 7) is 2.58. The van der Waals surface area contributed by atoms with Gasteiger partial charge in [-0.1, -0.05) is 35.3 Å². The number of amides is 1. The van der Waals surface area contributed by atoms with Crippen molar-refractivity contribution in [1.82, 2.24) is 14.7 Å². The highest BCUT2D eigenvalue weighted by Crippen LogP contribution is 2.42. The first kappa shape index (κ1) is 21.0. The van der Waals surface area contributed by atoms with Crippen molar-refractivity contribution in [2.75, 3.05) is 6.54 Å². The molecule has 0 saturated heterocycles. The number of fused-ring (bicyclic) bond motifs is 2. The number of nitriles is 1. The molecule has 1 amide bonds. The maximum absolute atomic E-state index is 12.1. The zero-order valence-corrected chi connectivity index (χ0v) is 18.9. The summed E-state index contributed by atoms with van der Waals surface area (Å²) in [7, 11) is 0. The van der Waals surface area contributed by atoms with E-state index in [0.717, 1.165) is 33.6 Å². The summed E-state index contributed by atoms with van der Waals surface area (Å²) in [4.78, 5) is 13.9. The first-order valence-corrected chi connectivity index (χ1v) is 11.1. The van der Waals surface area contributed by atoms with Crippen LogP contribution in [0.15, 0.2) is 36.4 Å². The van der Waals surface area contributed by atoms with Gasteiger partial charge in [-0.25, -0.2) is 0 Å². The molecule has 162 valence electrons. The van der Waals surface area contributed by atoms with Gasteiger partial charge < -0.3 is 10.0 Å². The smallest absolute Gasteiger partial charge is 0.219 e. The van der Waals surface area contributed by atoms with Crippen LogP contribution < -0.4 is 0 Å². The van der Waals surface area contributed by atoms with E-state index < -0.39 is 12.1 Å². The number of aromatic nitrogens is 2. The maximum Gasteiger partial charge on any atom is 0.219 e. The summed E-state index contributed by atoms with van der Waals surface area (Å²) in [5.74, 6) is 0.00457. The average molecular weight is 467 g/mol. The predicted molar refractivity (Wildman–Crippen MR) is 121 cm³/mol. The molecule has 1 aliphatic heterocycles. The summed E-state index contributed by atoms with van der Waals surface area (Å²) in [5, 5.41) is 26.4. The number of nitrogens with zero attached hydrogens (tertiary/aromatic N) is 4. The third-order valence-corrected chi connectivity index (χ3v) is 6.91. The third kappa shape index (κ3) is 3.38. The van der Waals surface area contributed by atoms with Crippen molar-refractivity contribution in [3.63, 3.8) is 0 Å². The van der Waals surface area contributed by atoms with Gasteiger partial charge in [0, 0.05) is 59.7 Å². The Balaban J connectivity index is 1.70. The molecule has 3 aromatic rings. The van der Waals surface area contributed by atoms with Crippen LogP contribution in [0.1, 0.15) is 40.9 Å². The summed E-state index contributed by atoms with van der Waals surface area (Å²) in [6, 6.07) is 12.6. The average Bonchev–Trinajstić information content (AvgIpc) is 3.30. The van der Waals surface area contributed by atoms with Gasteiger partial charge in [-0.15, -0.1) is 0 Å². The van der Waals surface area contributed by atoms with E-state index in [-0.39, 0.29) is 5.91 Å². The van der Waals surface area contributed by atoms with Crippen LogP contribution in [-0.2, 0) is 24.2 Å². The maximum atomic E-state index is 12.1. The van der Waals surface area contributed by atoms with Crippen molar-refractivity contribution in [2.24, 2.45) is 0 Å². The molecule has 0 radical (unpaired) electrons. The number of carbonyl (C=O) groups is 1. The van der Waals surface area contributed by atoms with Crippen LogP contribution in [-0.4, -0.2) is 38.3 Å². The second kappa shape index (κ2) is 7.93. The van der Waals surface area contributed by atoms with Gasteiger partial charge in [-0.3, -0.25) is 9.48 Å². The molecule has 5 rings (SSSR count). The molecule has 2 atom stereocenters. The minimum absolute atomic E-state index is 0.00457. The van der Waals surface area contributed by atoms with Gasteiger partial charge in [-0.2, -0.15) is 10.4 Å². The number of benzene rings is 2. The number of hydrogen-bond donors (Lipinski definition) is 1. The zero-order chi connectivity index (χ0) is 22.6. The van der Waals surface area contributed by atoms with Gasteiger partial charge in [0.25, 0.3) is 0 Å². The SMILES string of the molecule is CC(=O)N1CCc2c(c(-c3cccc(C#N)c3)nn2[C@@H]2c3cc(Cl)cc(Cl)c3C[C@H]2O)C1. The molecule has 0 bridgehead atoms. The van der Waals surface area contributed by atoms with Crippen LogP contribution in [0.3, 0.4) is 0 Å². The molecule has 2 heterocycles. The molecule has 2 aromatic carbocycles. The first-order valence-electron chi connectivity index (χ1n) is 10.4. The molecule has 0 fully saturated rings. The van der Waals surface area contributed by atoms with Crippen molar-refractivity contribution in [3.8, 4) is 17.3 Å². The fourth-order valence-corrected chi connectivity index (χ4v) is 5.42. The summed E-state index contributed by atoms with van der Waals surface area (Å²) in [6.07, 6.45) is 0.338. The fourth-order valence-electron chi connectivity index (χ4n) is 4.84. The van der Waals surface area contributed by atoms with Crippen molar-refractivity contribution in [2.45, 2.75) is 38.5 Å². The summed E-state index contributed by atoms with van der Waals surface area (Å²) in [5.41, 5.74) is 5.73. The highest BCUT2D eigenvalue weighted by Gasteiger charge is 2.38. The van der Waals surface area contributed by atoms with Crippen LogP contribution in [0.2, 0.25) is 10.0 Å². The number of rotatable bonds is 2. The molecular weight excluding hydrogens is 447 g/mol. The molecule has 2 aliphatic rings. The Morgan fingerprint density at radius 2 is 2.06 bits per heavy atom. The van der Waals surface area contributed by atoms with Crippen molar-refractivity contribution >= 4 is 29.1 Å². The van der Waals surface area contributed by atoms with Crippen LogP contribution in [0.25, 0.3) is 11.3 Å². The van der Waals surface area contributed by atoms with Crippen LogP contribution in [0.4, 0.5) is 0 Å². The van der Waals surface area contributed by atoms with Crippen LogP contribution in [0, 0.1) is 11.3 Å². The summed E-state index contributed by atoms with van der Waals surface area (Å²) >= 11 is 12.7. The largest absolute Gasteiger partial charge is 0.390 e. The Labute approximate surface area is 195 Å². The Bertz CT molecular complexity index is 1290. The lowest BCUT2D eigenvalue weighted by atomic mass is 9.99. The Morgan fingerprint density at radius 3 is 2.81 bits per heavy atom. The molecule has 1 aliphatic carbocycles. The number of aliphatic hydroxyl groups is 1. The normalized spacial score (nSPS) is 19.4. The Morgan fingerprint density at radius 1 is 1.25 bits per heavy atom. The fraction of sp³-hybridized carbons (Fsp3) is 0.292. The molecule has 0 unspecified atom stereocenters. The molecule has 0 spiro atoms. The van der Waals surface area contributed by atoms with E-state index in [0.29, 0.717) is 41.5 Å². The standard InChI is InChI=1S/C24H20Cl2N4O2/c1-13(31)29-6-5-21-19(12-29)23(15-4-2-3-14(7-15)11-27)28-30(21)24-18-8-16(25)9-20(26)17(18)10-22(24)32/h2-4,7-9,22,24,32H,5-6,10,12H2,1H3/t22-,24-/m1/s1. The van der Waals surface area contributed by atoms with Gasteiger partial charge in [0.1, 0.15) is 6.04 Å². The minimum atomic E-state index is -0.700. The molecule has 32 heavy (non-hydrogen) atoms. The second-order valence-corrected chi connectivity index (χ2v) is 9.12. The van der Waals surface area contributed by atoms with Crippen molar-refractivity contribution in [1.29, 1.82) is 5.26 Å². The van der Waals surface area contributed by atoms with Gasteiger partial charge in [0.05, 0.1) is 23.4 Å². The quantitative estimate of drug-likeness (QED) is 0.614. The van der Waals surface area contributed by atoms with E-state index >= 15 is 0 Å². The topological polar surface area (TPSA) is 82.2 Å². The minimum Gasteiger partial charge on any atom is -0.390 e. The lowest BCUT2D eigenvalue weighted by Gasteiger charge is -2.28. The highest BCUT2D eigenvalue weighted by atomic mass is 35.5. The zero-order valence-electron chi connectivity index (χ0n) is 17.3. The lowest BCUT2D eigenvalue weighted by Crippen LogP contribution is -2.35. The number of carbonyl (C=O) groups excluding carboxylic acids is 1. The second-order valence-electron chi connectivity index (χ2n) is 8.27. The molecule has 6 nitrogen and oxygen atoms in total. The van der Waals surface area contributed by atoms with Gasteiger partial charge in [0.2, 0.25) is 5.91 Å². The number of halogens is 2. The van der Waals surface area contributed by atoms with Crippen molar-refractivity contribution < 1.29 is 9.90 Å². The molecule has 1 N–H and O–H groups in total. The van der Waals surface area contributed by atoms with E-state index in [1.807, 2.05) is 22.9 Å². The molecule has 1 aromatic heterocycles. The van der Waals surface area contributed by atoms with E-state index in [9.17, 15) is 15.2 Å². The Kier molecular flexibility index (Phi) is 5.21. The number of aliphatic hydroxyl groups excluding tert-OH is 1. The van der Waals surface area contributed by atoms with Crippen LogP contribution >= 0.6 is 23.2 Å². The van der Waals surface area contributed by atoms with Gasteiger partial charge in [0.15, 0.2) is 0 Å². The van der Waals surface area contributed by atoms with E-state index in [1.165, 1.54) is 0 Å². The predicted octanol–water partition coefficient (Wildman–Crippen LogP) is 4.14. The summed E-state index contributed by atoms with van der Waals surface area (Å²) < 4.78 is 1.88. The molecule has 0 saturated carbocycles. The highest BCUT2D eigenvalue weighted by molar-refractivity contribution is 6.35. The van der Waals surface area contributed by atoms with E-state index in [2.05, 4.69) is 6.07 Å². The van der Waals surface area contributed by atoms with Gasteiger partial charge in [-0.05, 0) is 35.4 Å². The van der Waals surface area contributed by atoms with Crippen LogP contribution in [0.5, 0.6) is 0 Å². The number of hydrogen-bond acceptors (Lipinski definition) is 4. The lowest BCUT2D eigenvalue weighted by molar-refractivity contribution is -0.129. The monoisotopic (exact) mass is 466 g/mol. The third-order valence-electron chi connectivity index (χ3n) is 6.35. The first-order chi connectivity index (χ1) is 15.4. The molecule has 8 heteroatoms. The van der Waals surface area contributed by atoms with Gasteiger partial charge >= 0.3 is 0 Å². The van der Waals surface area contributed by atoms with Crippen molar-refractivity contribution in [3.05, 3.63) is 74.4 Å². The van der Waals surface area contributed by atoms with E-state index in [4.69, 9.17) is 28.3 Å². The van der Waals surface area contributed by atoms with E-state index in [1.54, 1.807) is 30.0 Å². The Hall–Kier alpha value is -2.85.